The number of carboxylic acids is 1. The van der Waals surface area contributed by atoms with Crippen molar-refractivity contribution in [1.82, 2.24) is 5.32 Å². The summed E-state index contributed by atoms with van der Waals surface area (Å²) in [6.45, 7) is 0.753. The summed E-state index contributed by atoms with van der Waals surface area (Å²) in [7, 11) is 0. The second-order valence-electron chi connectivity index (χ2n) is 6.28. The average molecular weight is 287 g/mol. The lowest BCUT2D eigenvalue weighted by molar-refractivity contribution is -0.120. The first-order valence-electron chi connectivity index (χ1n) is 7.73. The third-order valence-electron chi connectivity index (χ3n) is 4.59. The molecule has 0 spiro atoms. The maximum Gasteiger partial charge on any atom is 0.335 e. The monoisotopic (exact) mass is 287 g/mol. The third-order valence-corrected chi connectivity index (χ3v) is 4.59. The van der Waals surface area contributed by atoms with Gasteiger partial charge in [0.25, 0.3) is 0 Å². The summed E-state index contributed by atoms with van der Waals surface area (Å²) in [5.41, 5.74) is 0.797. The van der Waals surface area contributed by atoms with E-state index in [0.29, 0.717) is 11.5 Å². The van der Waals surface area contributed by atoms with Gasteiger partial charge >= 0.3 is 5.97 Å². The van der Waals surface area contributed by atoms with Crippen molar-refractivity contribution in [3.8, 4) is 0 Å². The van der Waals surface area contributed by atoms with E-state index in [-0.39, 0.29) is 17.9 Å². The minimum atomic E-state index is -0.979. The maximum absolute atomic E-state index is 12.1. The molecule has 1 aromatic rings. The number of carbonyl (C=O) groups excluding carboxylic acids is 1. The van der Waals surface area contributed by atoms with E-state index in [0.717, 1.165) is 18.4 Å². The molecule has 3 rings (SSSR count). The predicted molar refractivity (Wildman–Crippen MR) is 79.1 cm³/mol. The predicted octanol–water partition coefficient (Wildman–Crippen LogP) is 2.48. The lowest BCUT2D eigenvalue weighted by Gasteiger charge is -2.16. The van der Waals surface area contributed by atoms with Crippen LogP contribution in [-0.2, 0) is 11.2 Å². The van der Waals surface area contributed by atoms with E-state index in [9.17, 15) is 9.59 Å². The highest BCUT2D eigenvalue weighted by Gasteiger charge is 2.41. The van der Waals surface area contributed by atoms with Crippen LogP contribution in [0.4, 0.5) is 0 Å². The average Bonchev–Trinajstić information content (AvgIpc) is 3.33. The lowest BCUT2D eigenvalue weighted by atomic mass is 9.97. The van der Waals surface area contributed by atoms with Gasteiger partial charge in [0.2, 0.25) is 5.91 Å². The summed E-state index contributed by atoms with van der Waals surface area (Å²) in [6.07, 6.45) is 5.36. The molecule has 0 heterocycles. The molecule has 0 saturated heterocycles. The van der Waals surface area contributed by atoms with Crippen LogP contribution in [-0.4, -0.2) is 23.5 Å². The van der Waals surface area contributed by atoms with Crippen LogP contribution in [0.2, 0.25) is 0 Å². The smallest absolute Gasteiger partial charge is 0.335 e. The van der Waals surface area contributed by atoms with Gasteiger partial charge in [-0.05, 0) is 55.1 Å². The summed E-state index contributed by atoms with van der Waals surface area (Å²) in [6, 6.07) is 6.71. The normalized spacial score (nSPS) is 17.8. The van der Waals surface area contributed by atoms with Gasteiger partial charge in [-0.3, -0.25) is 4.79 Å². The lowest BCUT2D eigenvalue weighted by Crippen LogP contribution is -2.32. The minimum absolute atomic E-state index is 0.0741. The van der Waals surface area contributed by atoms with E-state index < -0.39 is 5.97 Å². The van der Waals surface area contributed by atoms with Gasteiger partial charge in [-0.1, -0.05) is 18.2 Å². The topological polar surface area (TPSA) is 66.4 Å². The summed E-state index contributed by atoms with van der Waals surface area (Å²) >= 11 is 0. The molecule has 0 unspecified atom stereocenters. The second-order valence-corrected chi connectivity index (χ2v) is 6.28. The zero-order valence-electron chi connectivity index (χ0n) is 12.0. The number of hydrogen-bond acceptors (Lipinski definition) is 2. The van der Waals surface area contributed by atoms with Crippen molar-refractivity contribution in [2.24, 2.45) is 17.8 Å². The van der Waals surface area contributed by atoms with Crippen molar-refractivity contribution in [2.75, 3.05) is 6.54 Å². The van der Waals surface area contributed by atoms with E-state index in [1.165, 1.54) is 25.7 Å². The molecule has 0 aliphatic heterocycles. The fourth-order valence-electron chi connectivity index (χ4n) is 3.12. The van der Waals surface area contributed by atoms with Crippen LogP contribution in [0.1, 0.15) is 41.6 Å². The molecule has 2 N–H and O–H groups in total. The maximum atomic E-state index is 12.1. The minimum Gasteiger partial charge on any atom is -0.478 e. The largest absolute Gasteiger partial charge is 0.478 e. The van der Waals surface area contributed by atoms with Crippen molar-refractivity contribution >= 4 is 11.9 Å². The van der Waals surface area contributed by atoms with Crippen molar-refractivity contribution < 1.29 is 14.7 Å². The fourth-order valence-corrected chi connectivity index (χ4v) is 3.12. The molecule has 1 aromatic carbocycles. The van der Waals surface area contributed by atoms with Crippen molar-refractivity contribution in [2.45, 2.75) is 32.1 Å². The molecule has 0 radical (unpaired) electrons. The van der Waals surface area contributed by atoms with Gasteiger partial charge in [0.05, 0.1) is 12.0 Å². The molecule has 0 bridgehead atoms. The van der Waals surface area contributed by atoms with Gasteiger partial charge in [0, 0.05) is 6.54 Å². The second kappa shape index (κ2) is 5.88. The van der Waals surface area contributed by atoms with Crippen LogP contribution in [0.3, 0.4) is 0 Å². The summed E-state index contributed by atoms with van der Waals surface area (Å²) < 4.78 is 0. The van der Waals surface area contributed by atoms with Crippen LogP contribution in [0.5, 0.6) is 0 Å². The highest BCUT2D eigenvalue weighted by Crippen LogP contribution is 2.48. The number of amides is 1. The standard InChI is InChI=1S/C17H21NO3/c19-16(9-13-3-1-2-4-14(13)17(20)21)18-10-15(11-5-6-11)12-7-8-12/h1-4,11-12,15H,5-10H2,(H,18,19)(H,20,21). The number of rotatable bonds is 7. The molecule has 4 nitrogen and oxygen atoms in total. The van der Waals surface area contributed by atoms with Gasteiger partial charge in [0.15, 0.2) is 0 Å². The Kier molecular flexibility index (Phi) is 3.95. The molecule has 2 saturated carbocycles. The highest BCUT2D eigenvalue weighted by molar-refractivity contribution is 5.91. The summed E-state index contributed by atoms with van der Waals surface area (Å²) in [5.74, 6) is 1.21. The number of carbonyl (C=O) groups is 2. The number of carboxylic acid groups (broad SMARTS) is 1. The number of aromatic carboxylic acids is 1. The molecular weight excluding hydrogens is 266 g/mol. The van der Waals surface area contributed by atoms with Crippen molar-refractivity contribution in [1.29, 1.82) is 0 Å². The van der Waals surface area contributed by atoms with Crippen molar-refractivity contribution in [3.63, 3.8) is 0 Å². The first kappa shape index (κ1) is 14.1. The Morgan fingerprint density at radius 2 is 1.76 bits per heavy atom. The van der Waals surface area contributed by atoms with Crippen LogP contribution in [0.25, 0.3) is 0 Å². The molecule has 2 aliphatic carbocycles. The molecule has 0 atom stereocenters. The molecule has 112 valence electrons. The van der Waals surface area contributed by atoms with Gasteiger partial charge in [-0.15, -0.1) is 0 Å². The van der Waals surface area contributed by atoms with E-state index in [4.69, 9.17) is 5.11 Å². The fraction of sp³-hybridized carbons (Fsp3) is 0.529. The first-order chi connectivity index (χ1) is 10.1. The van der Waals surface area contributed by atoms with Crippen LogP contribution in [0.15, 0.2) is 24.3 Å². The SMILES string of the molecule is O=C(Cc1ccccc1C(=O)O)NCC(C1CC1)C1CC1. The number of hydrogen-bond donors (Lipinski definition) is 2. The molecule has 21 heavy (non-hydrogen) atoms. The van der Waals surface area contributed by atoms with E-state index in [1.807, 2.05) is 0 Å². The summed E-state index contributed by atoms with van der Waals surface area (Å²) in [4.78, 5) is 23.2. The van der Waals surface area contributed by atoms with Gasteiger partial charge in [-0.2, -0.15) is 0 Å². The van der Waals surface area contributed by atoms with Gasteiger partial charge in [-0.25, -0.2) is 4.79 Å². The molecular formula is C17H21NO3. The molecule has 4 heteroatoms. The Morgan fingerprint density at radius 1 is 1.14 bits per heavy atom. The van der Waals surface area contributed by atoms with Crippen LogP contribution in [0, 0.1) is 17.8 Å². The Balaban J connectivity index is 1.55. The van der Waals surface area contributed by atoms with Gasteiger partial charge < -0.3 is 10.4 Å². The van der Waals surface area contributed by atoms with Crippen LogP contribution >= 0.6 is 0 Å². The van der Waals surface area contributed by atoms with Crippen LogP contribution < -0.4 is 5.32 Å². The Morgan fingerprint density at radius 3 is 2.33 bits per heavy atom. The van der Waals surface area contributed by atoms with Gasteiger partial charge in [0.1, 0.15) is 0 Å². The summed E-state index contributed by atoms with van der Waals surface area (Å²) in [5, 5.41) is 12.1. The zero-order valence-corrected chi connectivity index (χ0v) is 12.0. The third kappa shape index (κ3) is 3.63. The Hall–Kier alpha value is -1.84. The Bertz CT molecular complexity index is 535. The van der Waals surface area contributed by atoms with E-state index >= 15 is 0 Å². The Labute approximate surface area is 124 Å². The molecule has 1 amide bonds. The van der Waals surface area contributed by atoms with E-state index in [1.54, 1.807) is 24.3 Å². The highest BCUT2D eigenvalue weighted by atomic mass is 16.4. The van der Waals surface area contributed by atoms with E-state index in [2.05, 4.69) is 5.32 Å². The molecule has 0 aromatic heterocycles. The zero-order chi connectivity index (χ0) is 14.8. The molecule has 2 fully saturated rings. The quantitative estimate of drug-likeness (QED) is 0.809. The number of nitrogens with one attached hydrogen (secondary N) is 1. The number of benzene rings is 1. The first-order valence-corrected chi connectivity index (χ1v) is 7.73. The molecule has 2 aliphatic rings. The van der Waals surface area contributed by atoms with Crippen molar-refractivity contribution in [3.05, 3.63) is 35.4 Å².